The van der Waals surface area contributed by atoms with Gasteiger partial charge in [0.2, 0.25) is 15.9 Å². The fourth-order valence-electron chi connectivity index (χ4n) is 5.78. The van der Waals surface area contributed by atoms with Crippen molar-refractivity contribution in [1.82, 2.24) is 14.1 Å². The maximum Gasteiger partial charge on any atom is 0.257 e. The van der Waals surface area contributed by atoms with Crippen LogP contribution in [0.4, 0.5) is 5.00 Å². The van der Waals surface area contributed by atoms with Gasteiger partial charge in [-0.25, -0.2) is 8.42 Å². The van der Waals surface area contributed by atoms with Crippen LogP contribution in [0, 0.1) is 0 Å². The number of carbonyl (C=O) groups is 3. The third kappa shape index (κ3) is 6.39. The van der Waals surface area contributed by atoms with Gasteiger partial charge in [-0.05, 0) is 66.6 Å². The molecule has 1 aromatic heterocycles. The molecule has 43 heavy (non-hydrogen) atoms. The van der Waals surface area contributed by atoms with E-state index in [1.807, 2.05) is 43.0 Å². The summed E-state index contributed by atoms with van der Waals surface area (Å²) < 4.78 is 28.3. The molecule has 2 aliphatic rings. The van der Waals surface area contributed by atoms with E-state index in [1.54, 1.807) is 4.90 Å². The Morgan fingerprint density at radius 2 is 1.58 bits per heavy atom. The van der Waals surface area contributed by atoms with Crippen molar-refractivity contribution in [2.75, 3.05) is 31.5 Å². The number of sulfonamides is 1. The fraction of sp³-hybridized carbons (Fsp3) is 0.406. The van der Waals surface area contributed by atoms with Gasteiger partial charge in [-0.1, -0.05) is 38.1 Å². The van der Waals surface area contributed by atoms with Crippen LogP contribution in [-0.4, -0.2) is 66.4 Å². The number of anilines is 1. The topological polar surface area (TPSA) is 107 Å². The van der Waals surface area contributed by atoms with Crippen LogP contribution in [0.15, 0.2) is 53.4 Å². The largest absolute Gasteiger partial charge is 0.339 e. The maximum absolute atomic E-state index is 13.8. The summed E-state index contributed by atoms with van der Waals surface area (Å²) in [5.74, 6) is -0.568. The number of thiophene rings is 1. The summed E-state index contributed by atoms with van der Waals surface area (Å²) >= 11 is 1.33. The SMILES string of the molecule is CCCN(CCC)C(=O)c1c(NC(=O)c2ccc(S(=O)(=O)N3CCc4ccccc4C3)cc2)sc2c1CCN(C(C)=O)C2. The van der Waals surface area contributed by atoms with Crippen LogP contribution in [0.25, 0.3) is 0 Å². The molecule has 3 amide bonds. The minimum Gasteiger partial charge on any atom is -0.339 e. The molecule has 9 nitrogen and oxygen atoms in total. The standard InChI is InChI=1S/C32H38N4O5S2/c1-4-16-34(17-5-2)32(39)29-27-15-18-35(22(3)37)21-28(27)42-31(29)33-30(38)24-10-12-26(13-11-24)43(40,41)36-19-14-23-8-6-7-9-25(23)20-36/h6-13H,4-5,14-21H2,1-3H3,(H,33,38). The van der Waals surface area contributed by atoms with Crippen LogP contribution in [0.5, 0.6) is 0 Å². The first-order valence-electron chi connectivity index (χ1n) is 14.8. The number of carbonyl (C=O) groups excluding carboxylic acids is 3. The first kappa shape index (κ1) is 30.9. The highest BCUT2D eigenvalue weighted by Gasteiger charge is 2.32. The van der Waals surface area contributed by atoms with E-state index < -0.39 is 15.9 Å². The van der Waals surface area contributed by atoms with Crippen LogP contribution >= 0.6 is 11.3 Å². The van der Waals surface area contributed by atoms with E-state index in [9.17, 15) is 22.8 Å². The average molecular weight is 623 g/mol. The van der Waals surface area contributed by atoms with Gasteiger partial charge in [0.1, 0.15) is 5.00 Å². The molecule has 0 spiro atoms. The molecule has 1 N–H and O–H groups in total. The summed E-state index contributed by atoms with van der Waals surface area (Å²) in [6.45, 7) is 8.45. The molecule has 3 aromatic rings. The lowest BCUT2D eigenvalue weighted by molar-refractivity contribution is -0.129. The van der Waals surface area contributed by atoms with Gasteiger partial charge in [0.05, 0.1) is 17.0 Å². The van der Waals surface area contributed by atoms with Crippen molar-refractivity contribution in [3.63, 3.8) is 0 Å². The lowest BCUT2D eigenvalue weighted by atomic mass is 10.0. The second kappa shape index (κ2) is 13.0. The van der Waals surface area contributed by atoms with Gasteiger partial charge in [-0.3, -0.25) is 14.4 Å². The minimum absolute atomic E-state index is 0.0279. The highest BCUT2D eigenvalue weighted by atomic mass is 32.2. The molecule has 0 atom stereocenters. The van der Waals surface area contributed by atoms with Gasteiger partial charge in [0.25, 0.3) is 11.8 Å². The summed E-state index contributed by atoms with van der Waals surface area (Å²) in [4.78, 5) is 43.9. The predicted octanol–water partition coefficient (Wildman–Crippen LogP) is 4.91. The van der Waals surface area contributed by atoms with Crippen molar-refractivity contribution in [3.8, 4) is 0 Å². The molecule has 3 heterocycles. The molecule has 2 aliphatic heterocycles. The third-order valence-electron chi connectivity index (χ3n) is 8.07. The highest BCUT2D eigenvalue weighted by Crippen LogP contribution is 2.38. The number of fused-ring (bicyclic) bond motifs is 2. The minimum atomic E-state index is -3.74. The van der Waals surface area contributed by atoms with Crippen LogP contribution in [0.1, 0.15) is 75.9 Å². The smallest absolute Gasteiger partial charge is 0.257 e. The van der Waals surface area contributed by atoms with Crippen molar-refractivity contribution in [1.29, 1.82) is 0 Å². The molecule has 11 heteroatoms. The van der Waals surface area contributed by atoms with E-state index in [0.717, 1.165) is 34.4 Å². The molecule has 5 rings (SSSR count). The number of benzene rings is 2. The van der Waals surface area contributed by atoms with Crippen LogP contribution in [-0.2, 0) is 40.7 Å². The van der Waals surface area contributed by atoms with Crippen molar-refractivity contribution >= 4 is 44.1 Å². The molecule has 2 aromatic carbocycles. The van der Waals surface area contributed by atoms with E-state index in [2.05, 4.69) is 5.32 Å². The number of hydrogen-bond acceptors (Lipinski definition) is 6. The molecule has 0 saturated carbocycles. The monoisotopic (exact) mass is 622 g/mol. The van der Waals surface area contributed by atoms with Crippen molar-refractivity contribution in [3.05, 3.63) is 81.2 Å². The third-order valence-corrected chi connectivity index (χ3v) is 11.1. The zero-order valence-corrected chi connectivity index (χ0v) is 26.5. The second-order valence-electron chi connectivity index (χ2n) is 11.0. The summed E-state index contributed by atoms with van der Waals surface area (Å²) in [7, 11) is -3.74. The molecular weight excluding hydrogens is 585 g/mol. The molecule has 228 valence electrons. The Hall–Kier alpha value is -3.54. The summed E-state index contributed by atoms with van der Waals surface area (Å²) in [6, 6.07) is 13.8. The normalized spacial score (nSPS) is 15.0. The molecule has 0 radical (unpaired) electrons. The second-order valence-corrected chi connectivity index (χ2v) is 14.1. The molecular formula is C32H38N4O5S2. The molecule has 0 bridgehead atoms. The van der Waals surface area contributed by atoms with Gasteiger partial charge in [0, 0.05) is 50.1 Å². The lowest BCUT2D eigenvalue weighted by Crippen LogP contribution is -2.36. The van der Waals surface area contributed by atoms with Crippen molar-refractivity contribution in [2.45, 2.75) is 64.4 Å². The molecule has 0 fully saturated rings. The average Bonchev–Trinajstić information content (AvgIpc) is 3.37. The van der Waals surface area contributed by atoms with Gasteiger partial charge < -0.3 is 15.1 Å². The number of rotatable bonds is 9. The first-order chi connectivity index (χ1) is 20.6. The van der Waals surface area contributed by atoms with Crippen LogP contribution < -0.4 is 5.32 Å². The van der Waals surface area contributed by atoms with Gasteiger partial charge in [0.15, 0.2) is 0 Å². The highest BCUT2D eigenvalue weighted by molar-refractivity contribution is 7.89. The van der Waals surface area contributed by atoms with Gasteiger partial charge in [-0.15, -0.1) is 11.3 Å². The predicted molar refractivity (Wildman–Crippen MR) is 168 cm³/mol. The van der Waals surface area contributed by atoms with Crippen LogP contribution in [0.2, 0.25) is 0 Å². The Bertz CT molecular complexity index is 1630. The Labute approximate surface area is 257 Å². The van der Waals surface area contributed by atoms with Crippen molar-refractivity contribution < 1.29 is 22.8 Å². The van der Waals surface area contributed by atoms with Crippen molar-refractivity contribution in [2.24, 2.45) is 0 Å². The van der Waals surface area contributed by atoms with E-state index >= 15 is 0 Å². The quantitative estimate of drug-likeness (QED) is 0.365. The molecule has 0 aliphatic carbocycles. The number of nitrogens with one attached hydrogen (secondary N) is 1. The number of hydrogen-bond donors (Lipinski definition) is 1. The number of nitrogens with zero attached hydrogens (tertiary/aromatic N) is 3. The Kier molecular flexibility index (Phi) is 9.33. The fourth-order valence-corrected chi connectivity index (χ4v) is 8.45. The molecule has 0 saturated heterocycles. The number of amides is 3. The van der Waals surface area contributed by atoms with E-state index in [4.69, 9.17) is 0 Å². The first-order valence-corrected chi connectivity index (χ1v) is 17.1. The Morgan fingerprint density at radius 3 is 2.23 bits per heavy atom. The van der Waals surface area contributed by atoms with Gasteiger partial charge >= 0.3 is 0 Å². The summed E-state index contributed by atoms with van der Waals surface area (Å²) in [5.41, 5.74) is 3.85. The van der Waals surface area contributed by atoms with E-state index in [-0.39, 0.29) is 22.3 Å². The van der Waals surface area contributed by atoms with E-state index in [1.165, 1.54) is 46.8 Å². The summed E-state index contributed by atoms with van der Waals surface area (Å²) in [5, 5.41) is 3.41. The molecule has 0 unspecified atom stereocenters. The Balaban J connectivity index is 1.38. The van der Waals surface area contributed by atoms with Crippen LogP contribution in [0.3, 0.4) is 0 Å². The van der Waals surface area contributed by atoms with Gasteiger partial charge in [-0.2, -0.15) is 4.31 Å². The lowest BCUT2D eigenvalue weighted by Gasteiger charge is -2.28. The zero-order valence-electron chi connectivity index (χ0n) is 24.9. The zero-order chi connectivity index (χ0) is 30.7. The maximum atomic E-state index is 13.8. The summed E-state index contributed by atoms with van der Waals surface area (Å²) in [6.07, 6.45) is 2.83. The van der Waals surface area contributed by atoms with E-state index in [0.29, 0.717) is 62.7 Å². The Morgan fingerprint density at radius 1 is 0.907 bits per heavy atom.